The van der Waals surface area contributed by atoms with Crippen LogP contribution in [0.25, 0.3) is 0 Å². The van der Waals surface area contributed by atoms with E-state index in [2.05, 4.69) is 12.1 Å². The van der Waals surface area contributed by atoms with Crippen molar-refractivity contribution in [3.63, 3.8) is 0 Å². The molecule has 0 bridgehead atoms. The number of nitrogens with zero attached hydrogens (tertiary/aromatic N) is 1. The first-order valence-electron chi connectivity index (χ1n) is 9.88. The van der Waals surface area contributed by atoms with E-state index in [1.165, 1.54) is 5.56 Å². The van der Waals surface area contributed by atoms with Gasteiger partial charge < -0.3 is 14.4 Å². The molecule has 1 aliphatic rings. The van der Waals surface area contributed by atoms with Gasteiger partial charge >= 0.3 is 12.1 Å². The summed E-state index contributed by atoms with van der Waals surface area (Å²) in [7, 11) is 0. The van der Waals surface area contributed by atoms with Crippen LogP contribution in [0.3, 0.4) is 0 Å². The van der Waals surface area contributed by atoms with Gasteiger partial charge in [-0.2, -0.15) is 0 Å². The zero-order chi connectivity index (χ0) is 19.6. The van der Waals surface area contributed by atoms with Gasteiger partial charge in [-0.3, -0.25) is 4.79 Å². The molecule has 148 valence electrons. The van der Waals surface area contributed by atoms with Gasteiger partial charge in [0.05, 0.1) is 12.5 Å². The molecule has 1 heterocycles. The lowest BCUT2D eigenvalue weighted by atomic mass is 9.97. The fraction of sp³-hybridized carbons (Fsp3) is 0.391. The third-order valence-electron chi connectivity index (χ3n) is 4.99. The number of benzene rings is 2. The number of carbonyl (C=O) groups excluding carboxylic acids is 2. The quantitative estimate of drug-likeness (QED) is 0.532. The molecule has 2 aromatic carbocycles. The summed E-state index contributed by atoms with van der Waals surface area (Å²) < 4.78 is 10.8. The fourth-order valence-corrected chi connectivity index (χ4v) is 3.32. The molecule has 5 heteroatoms. The number of rotatable bonds is 7. The van der Waals surface area contributed by atoms with Crippen LogP contribution in [-0.2, 0) is 27.3 Å². The average molecular weight is 381 g/mol. The van der Waals surface area contributed by atoms with Crippen molar-refractivity contribution in [2.75, 3.05) is 19.7 Å². The Hall–Kier alpha value is -2.82. The van der Waals surface area contributed by atoms with E-state index in [9.17, 15) is 9.59 Å². The molecule has 0 aromatic heterocycles. The van der Waals surface area contributed by atoms with Gasteiger partial charge in [-0.25, -0.2) is 4.79 Å². The summed E-state index contributed by atoms with van der Waals surface area (Å²) in [6.45, 7) is 1.75. The summed E-state index contributed by atoms with van der Waals surface area (Å²) in [5.41, 5.74) is 2.21. The SMILES string of the molecule is O=C(OCCCc1ccccc1)C1CCN(C(=O)OCc2ccccc2)CC1. The minimum absolute atomic E-state index is 0.130. The Morgan fingerprint density at radius 3 is 2.11 bits per heavy atom. The van der Waals surface area contributed by atoms with Crippen molar-refractivity contribution in [1.82, 2.24) is 4.90 Å². The van der Waals surface area contributed by atoms with Gasteiger partial charge in [0, 0.05) is 13.1 Å². The van der Waals surface area contributed by atoms with Crippen molar-refractivity contribution in [1.29, 1.82) is 0 Å². The van der Waals surface area contributed by atoms with Crippen molar-refractivity contribution in [3.05, 3.63) is 71.8 Å². The molecule has 5 nitrogen and oxygen atoms in total. The normalized spacial score (nSPS) is 14.5. The maximum atomic E-state index is 12.2. The molecule has 1 saturated heterocycles. The highest BCUT2D eigenvalue weighted by atomic mass is 16.6. The molecule has 1 fully saturated rings. The Kier molecular flexibility index (Phi) is 7.47. The standard InChI is InChI=1S/C23H27NO4/c25-22(27-17-7-12-19-8-3-1-4-9-19)21-13-15-24(16-14-21)23(26)28-18-20-10-5-2-6-11-20/h1-6,8-11,21H,7,12-18H2. The maximum Gasteiger partial charge on any atom is 0.410 e. The number of carbonyl (C=O) groups is 2. The number of hydrogen-bond acceptors (Lipinski definition) is 4. The number of ether oxygens (including phenoxy) is 2. The van der Waals surface area contributed by atoms with E-state index in [-0.39, 0.29) is 24.6 Å². The summed E-state index contributed by atoms with van der Waals surface area (Å²) in [6, 6.07) is 19.8. The number of esters is 1. The minimum atomic E-state index is -0.321. The van der Waals surface area contributed by atoms with Crippen molar-refractivity contribution in [3.8, 4) is 0 Å². The van der Waals surface area contributed by atoms with Crippen molar-refractivity contribution in [2.45, 2.75) is 32.3 Å². The van der Waals surface area contributed by atoms with Gasteiger partial charge in [0.15, 0.2) is 0 Å². The lowest BCUT2D eigenvalue weighted by Crippen LogP contribution is -2.40. The molecule has 0 saturated carbocycles. The summed E-state index contributed by atoms with van der Waals surface area (Å²) in [5.74, 6) is -0.278. The lowest BCUT2D eigenvalue weighted by Gasteiger charge is -2.30. The molecule has 28 heavy (non-hydrogen) atoms. The second kappa shape index (κ2) is 10.5. The monoisotopic (exact) mass is 381 g/mol. The van der Waals surface area contributed by atoms with Gasteiger partial charge in [0.25, 0.3) is 0 Å². The topological polar surface area (TPSA) is 55.8 Å². The highest BCUT2D eigenvalue weighted by Crippen LogP contribution is 2.20. The first kappa shape index (κ1) is 19.9. The first-order valence-corrected chi connectivity index (χ1v) is 9.88. The number of aryl methyl sites for hydroxylation is 1. The zero-order valence-corrected chi connectivity index (χ0v) is 16.1. The molecule has 0 aliphatic carbocycles. The molecule has 3 rings (SSSR count). The Labute approximate surface area is 166 Å². The van der Waals surface area contributed by atoms with Gasteiger partial charge in [-0.1, -0.05) is 60.7 Å². The molecule has 0 atom stereocenters. The second-order valence-electron chi connectivity index (χ2n) is 7.06. The Balaban J connectivity index is 1.31. The third-order valence-corrected chi connectivity index (χ3v) is 4.99. The second-order valence-corrected chi connectivity index (χ2v) is 7.06. The minimum Gasteiger partial charge on any atom is -0.465 e. The van der Waals surface area contributed by atoms with Crippen LogP contribution in [0.1, 0.15) is 30.4 Å². The molecule has 0 unspecified atom stereocenters. The van der Waals surface area contributed by atoms with Crippen LogP contribution in [0.15, 0.2) is 60.7 Å². The summed E-state index contributed by atoms with van der Waals surface area (Å²) in [5, 5.41) is 0. The maximum absolute atomic E-state index is 12.2. The molecule has 2 aromatic rings. The van der Waals surface area contributed by atoms with Crippen LogP contribution in [0.2, 0.25) is 0 Å². The number of amides is 1. The predicted octanol–water partition coefficient (Wildman–Crippen LogP) is 4.21. The van der Waals surface area contributed by atoms with E-state index in [0.29, 0.717) is 32.5 Å². The molecular weight excluding hydrogens is 354 g/mol. The molecule has 0 N–H and O–H groups in total. The van der Waals surface area contributed by atoms with E-state index >= 15 is 0 Å². The Bertz CT molecular complexity index is 740. The highest BCUT2D eigenvalue weighted by Gasteiger charge is 2.29. The van der Waals surface area contributed by atoms with E-state index in [1.54, 1.807) is 4.90 Å². The van der Waals surface area contributed by atoms with Crippen LogP contribution < -0.4 is 0 Å². The molecule has 0 radical (unpaired) electrons. The van der Waals surface area contributed by atoms with E-state index in [4.69, 9.17) is 9.47 Å². The number of hydrogen-bond donors (Lipinski definition) is 0. The lowest BCUT2D eigenvalue weighted by molar-refractivity contribution is -0.150. The molecule has 0 spiro atoms. The zero-order valence-electron chi connectivity index (χ0n) is 16.1. The Morgan fingerprint density at radius 2 is 1.46 bits per heavy atom. The Morgan fingerprint density at radius 1 is 0.857 bits per heavy atom. The first-order chi connectivity index (χ1) is 13.7. The van der Waals surface area contributed by atoms with E-state index in [1.807, 2.05) is 48.5 Å². The molecule has 1 aliphatic heterocycles. The number of likely N-dealkylation sites (tertiary alicyclic amines) is 1. The van der Waals surface area contributed by atoms with Crippen molar-refractivity contribution < 1.29 is 19.1 Å². The van der Waals surface area contributed by atoms with Crippen LogP contribution in [-0.4, -0.2) is 36.7 Å². The van der Waals surface area contributed by atoms with Gasteiger partial charge in [0.2, 0.25) is 0 Å². The van der Waals surface area contributed by atoms with E-state index < -0.39 is 0 Å². The van der Waals surface area contributed by atoms with Crippen molar-refractivity contribution in [2.24, 2.45) is 5.92 Å². The fourth-order valence-electron chi connectivity index (χ4n) is 3.32. The van der Waals surface area contributed by atoms with Gasteiger partial charge in [0.1, 0.15) is 6.61 Å². The van der Waals surface area contributed by atoms with Crippen LogP contribution in [0.4, 0.5) is 4.79 Å². The number of piperidine rings is 1. The van der Waals surface area contributed by atoms with Crippen LogP contribution >= 0.6 is 0 Å². The smallest absolute Gasteiger partial charge is 0.410 e. The summed E-state index contributed by atoms with van der Waals surface area (Å²) in [6.07, 6.45) is 2.65. The average Bonchev–Trinajstić information content (AvgIpc) is 2.76. The predicted molar refractivity (Wildman–Crippen MR) is 107 cm³/mol. The van der Waals surface area contributed by atoms with Gasteiger partial charge in [-0.15, -0.1) is 0 Å². The molecular formula is C23H27NO4. The highest BCUT2D eigenvalue weighted by molar-refractivity contribution is 5.73. The molecule has 1 amide bonds. The third kappa shape index (κ3) is 6.12. The van der Waals surface area contributed by atoms with Crippen molar-refractivity contribution >= 4 is 12.1 Å². The largest absolute Gasteiger partial charge is 0.465 e. The van der Waals surface area contributed by atoms with Crippen LogP contribution in [0.5, 0.6) is 0 Å². The van der Waals surface area contributed by atoms with Gasteiger partial charge in [-0.05, 0) is 36.8 Å². The summed E-state index contributed by atoms with van der Waals surface area (Å²) in [4.78, 5) is 26.1. The van der Waals surface area contributed by atoms with E-state index in [0.717, 1.165) is 18.4 Å². The summed E-state index contributed by atoms with van der Waals surface area (Å²) >= 11 is 0. The van der Waals surface area contributed by atoms with Crippen LogP contribution in [0, 0.1) is 5.92 Å².